The van der Waals surface area contributed by atoms with Crippen molar-refractivity contribution in [2.45, 2.75) is 55.9 Å². The molecule has 0 spiro atoms. The molecule has 1 fully saturated rings. The molecule has 4 N–H and O–H groups in total. The van der Waals surface area contributed by atoms with Crippen molar-refractivity contribution in [3.05, 3.63) is 77.6 Å². The third-order valence-electron chi connectivity index (χ3n) is 6.17. The van der Waals surface area contributed by atoms with E-state index in [0.29, 0.717) is 24.3 Å². The minimum absolute atomic E-state index is 0.0202. The first kappa shape index (κ1) is 27.8. The number of aryl methyl sites for hydroxylation is 1. The molecule has 1 aliphatic rings. The maximum absolute atomic E-state index is 12.3. The third kappa shape index (κ3) is 7.65. The van der Waals surface area contributed by atoms with Gasteiger partial charge in [0.05, 0.1) is 18.8 Å². The van der Waals surface area contributed by atoms with Gasteiger partial charge in [-0.25, -0.2) is 10.5 Å². The molecule has 11 heteroatoms. The summed E-state index contributed by atoms with van der Waals surface area (Å²) >= 11 is 1.62. The molecular formula is C27H32N4O6S. The van der Waals surface area contributed by atoms with Gasteiger partial charge in [-0.3, -0.25) is 14.8 Å². The highest BCUT2D eigenvalue weighted by Crippen LogP contribution is 2.39. The fourth-order valence-corrected chi connectivity index (χ4v) is 5.08. The van der Waals surface area contributed by atoms with E-state index in [4.69, 9.17) is 14.7 Å². The van der Waals surface area contributed by atoms with Crippen LogP contribution in [-0.2, 0) is 32.7 Å². The topological polar surface area (TPSA) is 135 Å². The fraction of sp³-hybridized carbons (Fsp3) is 0.370. The van der Waals surface area contributed by atoms with Crippen molar-refractivity contribution in [2.24, 2.45) is 7.05 Å². The summed E-state index contributed by atoms with van der Waals surface area (Å²) in [6.45, 7) is -0.0202. The number of thioether (sulfide) groups is 1. The lowest BCUT2D eigenvalue weighted by Gasteiger charge is -2.36. The number of aliphatic hydroxyl groups is 1. The van der Waals surface area contributed by atoms with Gasteiger partial charge in [0.1, 0.15) is 0 Å². The van der Waals surface area contributed by atoms with Gasteiger partial charge >= 0.3 is 0 Å². The number of carbonyl (C=O) groups is 2. The molecule has 1 saturated heterocycles. The third-order valence-corrected chi connectivity index (χ3v) is 7.36. The number of hydrogen-bond donors (Lipinski definition) is 4. The lowest BCUT2D eigenvalue weighted by molar-refractivity contribution is -0.245. The number of rotatable bonds is 11. The van der Waals surface area contributed by atoms with E-state index in [1.165, 1.54) is 0 Å². The van der Waals surface area contributed by atoms with Gasteiger partial charge in [0.15, 0.2) is 11.4 Å². The molecule has 1 aliphatic heterocycles. The molecule has 0 unspecified atom stereocenters. The minimum atomic E-state index is -0.650. The Labute approximate surface area is 225 Å². The monoisotopic (exact) mass is 540 g/mol. The van der Waals surface area contributed by atoms with Gasteiger partial charge in [0.25, 0.3) is 0 Å². The quantitative estimate of drug-likeness (QED) is 0.164. The largest absolute Gasteiger partial charge is 0.392 e. The minimum Gasteiger partial charge on any atom is -0.392 e. The van der Waals surface area contributed by atoms with Gasteiger partial charge < -0.3 is 24.5 Å². The zero-order valence-electron chi connectivity index (χ0n) is 21.1. The van der Waals surface area contributed by atoms with Gasteiger partial charge in [0.2, 0.25) is 11.8 Å². The van der Waals surface area contributed by atoms with Crippen LogP contribution in [0.25, 0.3) is 0 Å². The van der Waals surface area contributed by atoms with Crippen LogP contribution in [0.1, 0.15) is 54.8 Å². The molecule has 0 aliphatic carbocycles. The van der Waals surface area contributed by atoms with Crippen LogP contribution in [0.2, 0.25) is 0 Å². The number of amides is 2. The average molecular weight is 541 g/mol. The Morgan fingerprint density at radius 3 is 2.61 bits per heavy atom. The van der Waals surface area contributed by atoms with E-state index in [9.17, 15) is 14.7 Å². The van der Waals surface area contributed by atoms with Crippen LogP contribution in [0.15, 0.2) is 66.1 Å². The molecule has 3 atom stereocenters. The molecule has 4 rings (SSSR count). The normalized spacial score (nSPS) is 19.2. The smallest absolute Gasteiger partial charge is 0.243 e. The highest BCUT2D eigenvalue weighted by Gasteiger charge is 2.32. The van der Waals surface area contributed by atoms with Crippen LogP contribution in [0, 0.1) is 0 Å². The second-order valence-electron chi connectivity index (χ2n) is 9.04. The van der Waals surface area contributed by atoms with Crippen molar-refractivity contribution in [1.82, 2.24) is 15.0 Å². The van der Waals surface area contributed by atoms with E-state index >= 15 is 0 Å². The van der Waals surface area contributed by atoms with Crippen molar-refractivity contribution in [3.63, 3.8) is 0 Å². The predicted molar refractivity (Wildman–Crippen MR) is 141 cm³/mol. The molecule has 1 aromatic heterocycles. The SMILES string of the molecule is Cn1ccnc1SC[C@@H]1C[C@H](c2ccc(CO)cc2)O[C@H](c2cccc(NC(=O)CCCC(=O)NO)c2)O1. The molecule has 2 aromatic carbocycles. The molecule has 0 saturated carbocycles. The second-order valence-corrected chi connectivity index (χ2v) is 10.0. The summed E-state index contributed by atoms with van der Waals surface area (Å²) in [6, 6.07) is 15.0. The molecule has 38 heavy (non-hydrogen) atoms. The first-order valence-corrected chi connectivity index (χ1v) is 13.4. The summed E-state index contributed by atoms with van der Waals surface area (Å²) in [4.78, 5) is 27.9. The highest BCUT2D eigenvalue weighted by atomic mass is 32.2. The van der Waals surface area contributed by atoms with Gasteiger partial charge in [-0.2, -0.15) is 0 Å². The molecule has 3 aromatic rings. The molecular weight excluding hydrogens is 508 g/mol. The molecule has 202 valence electrons. The number of hydroxylamine groups is 1. The number of nitrogens with one attached hydrogen (secondary N) is 2. The fourth-order valence-electron chi connectivity index (χ4n) is 4.13. The number of imidazole rings is 1. The van der Waals surface area contributed by atoms with Gasteiger partial charge in [-0.05, 0) is 29.7 Å². The van der Waals surface area contributed by atoms with Crippen LogP contribution in [0.3, 0.4) is 0 Å². The summed E-state index contributed by atoms with van der Waals surface area (Å²) < 4.78 is 14.7. The Morgan fingerprint density at radius 2 is 1.89 bits per heavy atom. The van der Waals surface area contributed by atoms with E-state index in [2.05, 4.69) is 10.3 Å². The van der Waals surface area contributed by atoms with Crippen LogP contribution in [0.5, 0.6) is 0 Å². The summed E-state index contributed by atoms with van der Waals surface area (Å²) in [5.74, 6) is -0.0690. The van der Waals surface area contributed by atoms with Crippen molar-refractivity contribution in [1.29, 1.82) is 0 Å². The van der Waals surface area contributed by atoms with Crippen LogP contribution in [0.4, 0.5) is 5.69 Å². The van der Waals surface area contributed by atoms with Crippen LogP contribution >= 0.6 is 11.8 Å². The van der Waals surface area contributed by atoms with E-state index in [1.807, 2.05) is 60.3 Å². The van der Waals surface area contributed by atoms with E-state index in [1.54, 1.807) is 29.5 Å². The zero-order chi connectivity index (χ0) is 26.9. The maximum Gasteiger partial charge on any atom is 0.243 e. The summed E-state index contributed by atoms with van der Waals surface area (Å²) in [5, 5.41) is 21.7. The summed E-state index contributed by atoms with van der Waals surface area (Å²) in [6.07, 6.45) is 3.87. The Kier molecular flexibility index (Phi) is 9.91. The Hall–Kier alpha value is -3.22. The second kappa shape index (κ2) is 13.5. The van der Waals surface area contributed by atoms with Crippen LogP contribution in [-0.4, -0.2) is 43.5 Å². The number of ether oxygens (including phenoxy) is 2. The van der Waals surface area contributed by atoms with Crippen molar-refractivity contribution in [3.8, 4) is 0 Å². The van der Waals surface area contributed by atoms with Crippen molar-refractivity contribution in [2.75, 3.05) is 11.1 Å². The number of anilines is 1. The van der Waals surface area contributed by atoms with E-state index in [0.717, 1.165) is 21.8 Å². The van der Waals surface area contributed by atoms with Gasteiger partial charge in [-0.1, -0.05) is 48.2 Å². The number of benzene rings is 2. The van der Waals surface area contributed by atoms with Crippen molar-refractivity contribution < 1.29 is 29.4 Å². The predicted octanol–water partition coefficient (Wildman–Crippen LogP) is 3.86. The molecule has 0 radical (unpaired) electrons. The maximum atomic E-state index is 12.3. The van der Waals surface area contributed by atoms with Crippen molar-refractivity contribution >= 4 is 29.3 Å². The highest BCUT2D eigenvalue weighted by molar-refractivity contribution is 7.99. The first-order chi connectivity index (χ1) is 18.4. The number of carbonyl (C=O) groups excluding carboxylic acids is 2. The first-order valence-electron chi connectivity index (χ1n) is 12.4. The van der Waals surface area contributed by atoms with Crippen LogP contribution < -0.4 is 10.8 Å². The standard InChI is InChI=1S/C27H32N4O6S/c1-31-13-12-28-27(31)38-17-22-15-23(19-10-8-18(16-32)9-11-19)37-26(36-22)20-4-2-5-21(14-20)29-24(33)6-3-7-25(34)30-35/h2,4-5,8-14,22-23,26,32,35H,3,6-7,15-17H2,1H3,(H,29,33)(H,30,34)/t22-,23+,26+/m0/s1. The van der Waals surface area contributed by atoms with Gasteiger partial charge in [-0.15, -0.1) is 0 Å². The van der Waals surface area contributed by atoms with Gasteiger partial charge in [0, 0.05) is 55.7 Å². The Morgan fingerprint density at radius 1 is 1.11 bits per heavy atom. The summed E-state index contributed by atoms with van der Waals surface area (Å²) in [5.41, 5.74) is 4.76. The number of aromatic nitrogens is 2. The number of hydrogen-bond acceptors (Lipinski definition) is 8. The zero-order valence-corrected chi connectivity index (χ0v) is 21.9. The molecule has 2 heterocycles. The van der Waals surface area contributed by atoms with E-state index < -0.39 is 12.2 Å². The Balaban J connectivity index is 1.46. The lowest BCUT2D eigenvalue weighted by Crippen LogP contribution is -2.31. The molecule has 0 bridgehead atoms. The number of aliphatic hydroxyl groups excluding tert-OH is 1. The molecule has 2 amide bonds. The summed E-state index contributed by atoms with van der Waals surface area (Å²) in [7, 11) is 1.95. The number of nitrogens with zero attached hydrogens (tertiary/aromatic N) is 2. The molecule has 10 nitrogen and oxygen atoms in total. The Bertz CT molecular complexity index is 1220. The average Bonchev–Trinajstić information content (AvgIpc) is 3.36. The van der Waals surface area contributed by atoms with E-state index in [-0.39, 0.29) is 37.6 Å². The lowest BCUT2D eigenvalue weighted by atomic mass is 10.0.